The zero-order valence-electron chi connectivity index (χ0n) is 10.1. The molecule has 1 rings (SSSR count). The molecule has 0 aliphatic heterocycles. The molecule has 0 aliphatic carbocycles. The van der Waals surface area contributed by atoms with Crippen LogP contribution in [0.15, 0.2) is 18.2 Å². The van der Waals surface area contributed by atoms with E-state index < -0.39 is 0 Å². The fraction of sp³-hybridized carbons (Fsp3) is 0.500. The lowest BCUT2D eigenvalue weighted by molar-refractivity contribution is -0.116. The molecule has 0 aromatic heterocycles. The van der Waals surface area contributed by atoms with Crippen molar-refractivity contribution in [3.63, 3.8) is 0 Å². The van der Waals surface area contributed by atoms with E-state index in [4.69, 9.17) is 0 Å². The average molecular weight is 220 g/mol. The number of phenolic OH excluding ortho intramolecular Hbond substituents is 1. The molecule has 0 radical (unpaired) electrons. The quantitative estimate of drug-likeness (QED) is 0.747. The Bertz CT molecular complexity index is 356. The maximum absolute atomic E-state index is 11.0. The molecule has 1 aromatic rings. The fourth-order valence-corrected chi connectivity index (χ4v) is 1.78. The minimum absolute atomic E-state index is 0.0843. The van der Waals surface area contributed by atoms with Crippen molar-refractivity contribution in [3.05, 3.63) is 29.3 Å². The summed E-state index contributed by atoms with van der Waals surface area (Å²) in [4.78, 5) is 11.0. The van der Waals surface area contributed by atoms with Gasteiger partial charge >= 0.3 is 0 Å². The molecule has 1 aromatic carbocycles. The molecule has 0 saturated carbocycles. The number of carbonyl (C=O) groups excluding carboxylic acids is 1. The number of benzene rings is 1. The Hall–Kier alpha value is -1.31. The highest BCUT2D eigenvalue weighted by Gasteiger charge is 2.05. The van der Waals surface area contributed by atoms with Gasteiger partial charge in [-0.25, -0.2) is 0 Å². The Labute approximate surface area is 97.3 Å². The molecule has 2 nitrogen and oxygen atoms in total. The lowest BCUT2D eigenvalue weighted by atomic mass is 10.0. The van der Waals surface area contributed by atoms with Gasteiger partial charge in [-0.15, -0.1) is 0 Å². The van der Waals surface area contributed by atoms with Crippen LogP contribution >= 0.6 is 0 Å². The van der Waals surface area contributed by atoms with Crippen LogP contribution in [0.5, 0.6) is 5.75 Å². The van der Waals surface area contributed by atoms with Crippen molar-refractivity contribution in [1.29, 1.82) is 0 Å². The molecule has 88 valence electrons. The first-order chi connectivity index (χ1) is 7.63. The third-order valence-corrected chi connectivity index (χ3v) is 2.65. The van der Waals surface area contributed by atoms with E-state index in [0.717, 1.165) is 12.0 Å². The van der Waals surface area contributed by atoms with Crippen LogP contribution in [0.25, 0.3) is 0 Å². The summed E-state index contributed by atoms with van der Waals surface area (Å²) in [7, 11) is 0. The monoisotopic (exact) mass is 220 g/mol. The van der Waals surface area contributed by atoms with Crippen molar-refractivity contribution in [2.75, 3.05) is 0 Å². The molecular weight excluding hydrogens is 200 g/mol. The molecule has 0 heterocycles. The summed E-state index contributed by atoms with van der Waals surface area (Å²) in [5.41, 5.74) is 1.96. The highest BCUT2D eigenvalue weighted by Crippen LogP contribution is 2.20. The topological polar surface area (TPSA) is 37.3 Å². The predicted octanol–water partition coefficient (Wildman–Crippen LogP) is 3.26. The van der Waals surface area contributed by atoms with Gasteiger partial charge in [-0.2, -0.15) is 0 Å². The van der Waals surface area contributed by atoms with Crippen LogP contribution in [-0.2, 0) is 17.6 Å². The minimum Gasteiger partial charge on any atom is -0.508 e. The molecule has 0 saturated heterocycles. The molecule has 0 bridgehead atoms. The summed E-state index contributed by atoms with van der Waals surface area (Å²) < 4.78 is 0. The number of hydrogen-bond acceptors (Lipinski definition) is 2. The first-order valence-corrected chi connectivity index (χ1v) is 5.93. The van der Waals surface area contributed by atoms with Crippen LogP contribution in [-0.4, -0.2) is 10.9 Å². The summed E-state index contributed by atoms with van der Waals surface area (Å²) in [6.07, 6.45) is 4.95. The molecule has 0 spiro atoms. The van der Waals surface area contributed by atoms with Crippen molar-refractivity contribution in [1.82, 2.24) is 0 Å². The summed E-state index contributed by atoms with van der Waals surface area (Å²) in [5.74, 6) is 0.315. The molecule has 1 N–H and O–H groups in total. The molecule has 0 atom stereocenters. The van der Waals surface area contributed by atoms with Gasteiger partial charge in [0.1, 0.15) is 11.5 Å². The first-order valence-electron chi connectivity index (χ1n) is 5.93. The van der Waals surface area contributed by atoms with Gasteiger partial charge in [-0.05, 0) is 31.4 Å². The van der Waals surface area contributed by atoms with Gasteiger partial charge < -0.3 is 5.11 Å². The second kappa shape index (κ2) is 6.31. The van der Waals surface area contributed by atoms with Crippen LogP contribution in [0, 0.1) is 0 Å². The van der Waals surface area contributed by atoms with Crippen LogP contribution in [0.2, 0.25) is 0 Å². The molecule has 0 amide bonds. The number of carbonyl (C=O) groups is 1. The van der Waals surface area contributed by atoms with Crippen molar-refractivity contribution in [2.24, 2.45) is 0 Å². The van der Waals surface area contributed by atoms with Gasteiger partial charge in [0.2, 0.25) is 0 Å². The Morgan fingerprint density at radius 3 is 2.69 bits per heavy atom. The maximum Gasteiger partial charge on any atom is 0.134 e. The zero-order chi connectivity index (χ0) is 12.0. The minimum atomic E-state index is 0.0843. The van der Waals surface area contributed by atoms with E-state index in [9.17, 15) is 9.90 Å². The second-order valence-corrected chi connectivity index (χ2v) is 4.30. The highest BCUT2D eigenvalue weighted by atomic mass is 16.3. The van der Waals surface area contributed by atoms with Gasteiger partial charge in [0, 0.05) is 12.0 Å². The van der Waals surface area contributed by atoms with Gasteiger partial charge in [0.25, 0.3) is 0 Å². The van der Waals surface area contributed by atoms with Gasteiger partial charge in [0.05, 0.1) is 0 Å². The summed E-state index contributed by atoms with van der Waals surface area (Å²) >= 11 is 0. The van der Waals surface area contributed by atoms with E-state index in [1.165, 1.54) is 24.8 Å². The molecule has 0 fully saturated rings. The maximum atomic E-state index is 11.0. The Kier molecular flexibility index (Phi) is 5.03. The smallest absolute Gasteiger partial charge is 0.134 e. The zero-order valence-corrected chi connectivity index (χ0v) is 10.1. The second-order valence-electron chi connectivity index (χ2n) is 4.30. The number of unbranched alkanes of at least 4 members (excludes halogenated alkanes) is 2. The lowest BCUT2D eigenvalue weighted by Crippen LogP contribution is -1.98. The third-order valence-electron chi connectivity index (χ3n) is 2.65. The van der Waals surface area contributed by atoms with Crippen molar-refractivity contribution in [3.8, 4) is 5.75 Å². The van der Waals surface area contributed by atoms with Crippen LogP contribution in [0.4, 0.5) is 0 Å². The van der Waals surface area contributed by atoms with E-state index in [0.29, 0.717) is 6.42 Å². The number of phenols is 1. The van der Waals surface area contributed by atoms with Gasteiger partial charge in [-0.1, -0.05) is 31.9 Å². The largest absolute Gasteiger partial charge is 0.508 e. The molecule has 16 heavy (non-hydrogen) atoms. The van der Waals surface area contributed by atoms with Crippen molar-refractivity contribution in [2.45, 2.75) is 46.0 Å². The first kappa shape index (κ1) is 12.8. The van der Waals surface area contributed by atoms with E-state index in [-0.39, 0.29) is 11.5 Å². The predicted molar refractivity (Wildman–Crippen MR) is 65.7 cm³/mol. The lowest BCUT2D eigenvalue weighted by Gasteiger charge is -2.06. The van der Waals surface area contributed by atoms with Gasteiger partial charge in [0.15, 0.2) is 0 Å². The number of aromatic hydroxyl groups is 1. The molecule has 2 heteroatoms. The molecule has 0 aliphatic rings. The Morgan fingerprint density at radius 1 is 1.31 bits per heavy atom. The summed E-state index contributed by atoms with van der Waals surface area (Å²) in [5, 5.41) is 9.60. The number of hydrogen-bond donors (Lipinski definition) is 1. The summed E-state index contributed by atoms with van der Waals surface area (Å²) in [6.45, 7) is 3.72. The van der Waals surface area contributed by atoms with Crippen molar-refractivity contribution >= 4 is 5.78 Å². The SMILES string of the molecule is CCCCCc1ccc(O)c(CC(C)=O)c1. The van der Waals surface area contributed by atoms with E-state index in [1.807, 2.05) is 12.1 Å². The normalized spacial score (nSPS) is 10.4. The van der Waals surface area contributed by atoms with E-state index in [1.54, 1.807) is 13.0 Å². The Morgan fingerprint density at radius 2 is 2.06 bits per heavy atom. The third kappa shape index (κ3) is 4.05. The average Bonchev–Trinajstić information content (AvgIpc) is 2.22. The number of aryl methyl sites for hydroxylation is 1. The molecular formula is C14H20O2. The number of rotatable bonds is 6. The summed E-state index contributed by atoms with van der Waals surface area (Å²) in [6, 6.07) is 5.58. The fourth-order valence-electron chi connectivity index (χ4n) is 1.78. The van der Waals surface area contributed by atoms with Crippen molar-refractivity contribution < 1.29 is 9.90 Å². The number of ketones is 1. The van der Waals surface area contributed by atoms with E-state index in [2.05, 4.69) is 6.92 Å². The highest BCUT2D eigenvalue weighted by molar-refractivity contribution is 5.78. The van der Waals surface area contributed by atoms with Crippen LogP contribution in [0.1, 0.15) is 44.2 Å². The number of Topliss-reactive ketones (excluding diaryl/α,β-unsaturated/α-hetero) is 1. The standard InChI is InChI=1S/C14H20O2/c1-3-4-5-6-12-7-8-14(16)13(10-12)9-11(2)15/h7-8,10,16H,3-6,9H2,1-2H3. The van der Waals surface area contributed by atoms with Crippen LogP contribution < -0.4 is 0 Å². The molecule has 0 unspecified atom stereocenters. The van der Waals surface area contributed by atoms with E-state index >= 15 is 0 Å². The van der Waals surface area contributed by atoms with Gasteiger partial charge in [-0.3, -0.25) is 4.79 Å². The Balaban J connectivity index is 2.69. The van der Waals surface area contributed by atoms with Crippen LogP contribution in [0.3, 0.4) is 0 Å².